The fourth-order valence-electron chi connectivity index (χ4n) is 2.93. The van der Waals surface area contributed by atoms with Gasteiger partial charge in [0, 0.05) is 31.3 Å². The maximum absolute atomic E-state index is 10.5. The van der Waals surface area contributed by atoms with Crippen LogP contribution in [-0.2, 0) is 19.4 Å². The van der Waals surface area contributed by atoms with Crippen LogP contribution in [0.25, 0.3) is 0 Å². The Morgan fingerprint density at radius 3 is 3.14 bits per heavy atom. The van der Waals surface area contributed by atoms with Gasteiger partial charge in [-0.3, -0.25) is 0 Å². The maximum atomic E-state index is 10.5. The molecule has 0 radical (unpaired) electrons. The van der Waals surface area contributed by atoms with Crippen molar-refractivity contribution < 1.29 is 9.84 Å². The van der Waals surface area contributed by atoms with Crippen molar-refractivity contribution in [3.05, 3.63) is 48.0 Å². The summed E-state index contributed by atoms with van der Waals surface area (Å²) in [6, 6.07) is 8.07. The summed E-state index contributed by atoms with van der Waals surface area (Å²) >= 11 is 0. The fraction of sp³-hybridized carbons (Fsp3) is 0.471. The lowest BCUT2D eigenvalue weighted by molar-refractivity contribution is 0.0632. The summed E-state index contributed by atoms with van der Waals surface area (Å²) in [6.07, 6.45) is 5.90. The summed E-state index contributed by atoms with van der Waals surface area (Å²) in [6.45, 7) is 3.67. The number of rotatable bonds is 5. The zero-order valence-electron chi connectivity index (χ0n) is 12.4. The predicted molar refractivity (Wildman–Crippen MR) is 81.4 cm³/mol. The van der Waals surface area contributed by atoms with Gasteiger partial charge in [0.25, 0.3) is 0 Å². The van der Waals surface area contributed by atoms with Gasteiger partial charge in [-0.25, -0.2) is 4.98 Å². The van der Waals surface area contributed by atoms with Gasteiger partial charge in [0.1, 0.15) is 11.6 Å². The standard InChI is InChI=1S/C17H22N2O2/c1-2-8-19-9-7-18-17(19)11-15(20)14-10-13-5-3-4-6-16(13)21-12-14/h3-7,9,14-15,20H,2,8,10-12H2,1H3. The number of benzene rings is 1. The number of hydrogen-bond acceptors (Lipinski definition) is 3. The van der Waals surface area contributed by atoms with E-state index in [0.717, 1.165) is 31.0 Å². The molecule has 4 nitrogen and oxygen atoms in total. The fourth-order valence-corrected chi connectivity index (χ4v) is 2.93. The Bertz CT molecular complexity index is 594. The van der Waals surface area contributed by atoms with Crippen molar-refractivity contribution in [2.75, 3.05) is 6.61 Å². The normalized spacial score (nSPS) is 18.9. The molecular weight excluding hydrogens is 264 g/mol. The third-order valence-corrected chi connectivity index (χ3v) is 4.11. The van der Waals surface area contributed by atoms with E-state index in [0.29, 0.717) is 13.0 Å². The van der Waals surface area contributed by atoms with Gasteiger partial charge >= 0.3 is 0 Å². The van der Waals surface area contributed by atoms with Crippen LogP contribution in [0.4, 0.5) is 0 Å². The summed E-state index contributed by atoms with van der Waals surface area (Å²) in [5.74, 6) is 2.04. The Kier molecular flexibility index (Phi) is 4.25. The van der Waals surface area contributed by atoms with Gasteiger partial charge in [-0.15, -0.1) is 0 Å². The molecule has 2 atom stereocenters. The van der Waals surface area contributed by atoms with E-state index in [1.165, 1.54) is 5.56 Å². The number of para-hydroxylation sites is 1. The molecule has 3 rings (SSSR count). The van der Waals surface area contributed by atoms with Crippen LogP contribution in [0, 0.1) is 5.92 Å². The number of hydrogen-bond donors (Lipinski definition) is 1. The van der Waals surface area contributed by atoms with Crippen molar-refractivity contribution in [1.29, 1.82) is 0 Å². The molecule has 2 unspecified atom stereocenters. The van der Waals surface area contributed by atoms with Crippen molar-refractivity contribution in [3.63, 3.8) is 0 Å². The van der Waals surface area contributed by atoms with Gasteiger partial charge < -0.3 is 14.4 Å². The molecule has 1 N–H and O–H groups in total. The van der Waals surface area contributed by atoms with Crippen LogP contribution in [0.3, 0.4) is 0 Å². The third kappa shape index (κ3) is 3.10. The highest BCUT2D eigenvalue weighted by Gasteiger charge is 2.27. The maximum Gasteiger partial charge on any atom is 0.122 e. The van der Waals surface area contributed by atoms with Crippen LogP contribution in [0.2, 0.25) is 0 Å². The van der Waals surface area contributed by atoms with Gasteiger partial charge in [-0.05, 0) is 24.5 Å². The Hall–Kier alpha value is -1.81. The summed E-state index contributed by atoms with van der Waals surface area (Å²) in [5, 5.41) is 10.5. The summed E-state index contributed by atoms with van der Waals surface area (Å²) in [7, 11) is 0. The van der Waals surface area contributed by atoms with Gasteiger partial charge in [0.2, 0.25) is 0 Å². The molecule has 4 heteroatoms. The van der Waals surface area contributed by atoms with Crippen molar-refractivity contribution in [1.82, 2.24) is 9.55 Å². The topological polar surface area (TPSA) is 47.3 Å². The zero-order valence-corrected chi connectivity index (χ0v) is 12.4. The van der Waals surface area contributed by atoms with E-state index >= 15 is 0 Å². The highest BCUT2D eigenvalue weighted by molar-refractivity contribution is 5.35. The molecule has 112 valence electrons. The molecule has 0 saturated carbocycles. The van der Waals surface area contributed by atoms with Crippen LogP contribution in [0.15, 0.2) is 36.7 Å². The average Bonchev–Trinajstić information content (AvgIpc) is 2.94. The first-order valence-electron chi connectivity index (χ1n) is 7.66. The number of fused-ring (bicyclic) bond motifs is 1. The van der Waals surface area contributed by atoms with Crippen molar-refractivity contribution >= 4 is 0 Å². The second-order valence-corrected chi connectivity index (χ2v) is 5.69. The van der Waals surface area contributed by atoms with Crippen LogP contribution >= 0.6 is 0 Å². The van der Waals surface area contributed by atoms with Crippen LogP contribution in [0.5, 0.6) is 5.75 Å². The van der Waals surface area contributed by atoms with Gasteiger partial charge in [-0.2, -0.15) is 0 Å². The van der Waals surface area contributed by atoms with Gasteiger partial charge in [-0.1, -0.05) is 25.1 Å². The van der Waals surface area contributed by atoms with Crippen molar-refractivity contribution in [2.45, 2.75) is 38.8 Å². The first kappa shape index (κ1) is 14.1. The Labute approximate surface area is 125 Å². The number of aliphatic hydroxyl groups is 1. The molecule has 0 bridgehead atoms. The minimum Gasteiger partial charge on any atom is -0.493 e. The number of aryl methyl sites for hydroxylation is 1. The Morgan fingerprint density at radius 2 is 2.29 bits per heavy atom. The van der Waals surface area contributed by atoms with Crippen LogP contribution in [-0.4, -0.2) is 27.4 Å². The molecule has 0 spiro atoms. The Morgan fingerprint density at radius 1 is 1.43 bits per heavy atom. The zero-order chi connectivity index (χ0) is 14.7. The van der Waals surface area contributed by atoms with Gasteiger partial charge in [0.05, 0.1) is 12.7 Å². The molecule has 21 heavy (non-hydrogen) atoms. The number of imidazole rings is 1. The lowest BCUT2D eigenvalue weighted by atomic mass is 9.90. The lowest BCUT2D eigenvalue weighted by Gasteiger charge is -2.28. The molecule has 1 aromatic carbocycles. The number of ether oxygens (including phenoxy) is 1. The number of nitrogens with zero attached hydrogens (tertiary/aromatic N) is 2. The SMILES string of the molecule is CCCn1ccnc1CC(O)C1COc2ccccc2C1. The first-order valence-corrected chi connectivity index (χ1v) is 7.66. The lowest BCUT2D eigenvalue weighted by Crippen LogP contribution is -2.33. The van der Waals surface area contributed by atoms with Crippen molar-refractivity contribution in [3.8, 4) is 5.75 Å². The highest BCUT2D eigenvalue weighted by Crippen LogP contribution is 2.29. The molecule has 0 fully saturated rings. The van der Waals surface area contributed by atoms with Gasteiger partial charge in [0.15, 0.2) is 0 Å². The second-order valence-electron chi connectivity index (χ2n) is 5.69. The molecule has 0 saturated heterocycles. The number of aliphatic hydroxyl groups excluding tert-OH is 1. The largest absolute Gasteiger partial charge is 0.493 e. The highest BCUT2D eigenvalue weighted by atomic mass is 16.5. The monoisotopic (exact) mass is 286 g/mol. The van der Waals surface area contributed by atoms with Crippen LogP contribution < -0.4 is 4.74 Å². The molecule has 1 aliphatic heterocycles. The summed E-state index contributed by atoms with van der Waals surface area (Å²) in [4.78, 5) is 4.38. The van der Waals surface area contributed by atoms with E-state index in [4.69, 9.17) is 4.74 Å². The van der Waals surface area contributed by atoms with E-state index in [1.54, 1.807) is 0 Å². The average molecular weight is 286 g/mol. The molecule has 2 aromatic rings. The van der Waals surface area contributed by atoms with E-state index in [-0.39, 0.29) is 5.92 Å². The summed E-state index contributed by atoms with van der Waals surface area (Å²) < 4.78 is 7.89. The third-order valence-electron chi connectivity index (χ3n) is 4.11. The molecule has 2 heterocycles. The molecular formula is C17H22N2O2. The van der Waals surface area contributed by atoms with Crippen LogP contribution in [0.1, 0.15) is 24.7 Å². The van der Waals surface area contributed by atoms with E-state index in [1.807, 2.05) is 30.6 Å². The number of aromatic nitrogens is 2. The van der Waals surface area contributed by atoms with Crippen molar-refractivity contribution in [2.24, 2.45) is 5.92 Å². The predicted octanol–water partition coefficient (Wildman–Crippen LogP) is 2.45. The molecule has 0 amide bonds. The Balaban J connectivity index is 1.66. The minimum atomic E-state index is -0.420. The molecule has 0 aliphatic carbocycles. The van der Waals surface area contributed by atoms with E-state index in [2.05, 4.69) is 22.5 Å². The quantitative estimate of drug-likeness (QED) is 0.918. The summed E-state index contributed by atoms with van der Waals surface area (Å²) in [5.41, 5.74) is 1.18. The smallest absolute Gasteiger partial charge is 0.122 e. The van der Waals surface area contributed by atoms with E-state index < -0.39 is 6.10 Å². The van der Waals surface area contributed by atoms with E-state index in [9.17, 15) is 5.11 Å². The minimum absolute atomic E-state index is 0.131. The molecule has 1 aromatic heterocycles. The molecule has 1 aliphatic rings. The second kappa shape index (κ2) is 6.31. The first-order chi connectivity index (χ1) is 10.3.